The maximum atomic E-state index is 12.9. The second kappa shape index (κ2) is 79.3. The molecule has 2 unspecified atom stereocenters. The maximum Gasteiger partial charge on any atom is 0.306 e. The van der Waals surface area contributed by atoms with Crippen LogP contribution >= 0.6 is 7.82 Å². The summed E-state index contributed by atoms with van der Waals surface area (Å²) in [4.78, 5) is 38.2. The summed E-state index contributed by atoms with van der Waals surface area (Å²) >= 11 is 0. The highest BCUT2D eigenvalue weighted by atomic mass is 31.2. The Morgan fingerprint density at radius 3 is 0.800 bits per heavy atom. The van der Waals surface area contributed by atoms with Gasteiger partial charge in [0.15, 0.2) is 6.10 Å². The SMILES string of the molecule is CC/C=C\C/C=C\C/C=C\C/C=C\C/C=C\C/C=C\C/C=C\CCCCCCCCCCCCCCCCCC(=O)OC(COC(=O)CCCCCCCCCCCCCCCCCCCCCCCCCCCC/C=C\C/C=C\C/C=C\C/C=C\CC)COP(=O)([O-])OCC[N+](C)(C)C. The Morgan fingerprint density at radius 1 is 0.310 bits per heavy atom. The van der Waals surface area contributed by atoms with E-state index >= 15 is 0 Å². The molecule has 0 saturated heterocycles. The fourth-order valence-corrected chi connectivity index (χ4v) is 12.6. The van der Waals surface area contributed by atoms with Crippen molar-refractivity contribution in [2.45, 2.75) is 380 Å². The third kappa shape index (κ3) is 83.1. The average Bonchev–Trinajstić information content (AvgIpc) is 1.02. The van der Waals surface area contributed by atoms with E-state index in [4.69, 9.17) is 18.5 Å². The topological polar surface area (TPSA) is 111 Å². The number of rotatable bonds is 77. The fourth-order valence-electron chi connectivity index (χ4n) is 11.9. The molecule has 0 aliphatic rings. The first-order valence-corrected chi connectivity index (χ1v) is 43.4. The fraction of sp³-hybridized carbons (Fsp3) is 0.733. The molecule has 2 atom stereocenters. The van der Waals surface area contributed by atoms with Crippen molar-refractivity contribution in [3.05, 3.63) is 134 Å². The number of quaternary nitrogens is 1. The highest BCUT2D eigenvalue weighted by molar-refractivity contribution is 7.45. The number of hydrogen-bond acceptors (Lipinski definition) is 8. The number of hydrogen-bond donors (Lipinski definition) is 0. The van der Waals surface area contributed by atoms with Crippen LogP contribution in [-0.2, 0) is 32.7 Å². The van der Waals surface area contributed by atoms with Crippen LogP contribution < -0.4 is 4.89 Å². The lowest BCUT2D eigenvalue weighted by Gasteiger charge is -2.28. The van der Waals surface area contributed by atoms with Gasteiger partial charge in [-0.25, -0.2) is 0 Å². The van der Waals surface area contributed by atoms with Crippen molar-refractivity contribution in [1.82, 2.24) is 0 Å². The molecule has 0 aliphatic carbocycles. The summed E-state index contributed by atoms with van der Waals surface area (Å²) in [7, 11) is 1.17. The largest absolute Gasteiger partial charge is 0.756 e. The van der Waals surface area contributed by atoms with Crippen LogP contribution in [0, 0.1) is 0 Å². The van der Waals surface area contributed by atoms with Gasteiger partial charge in [-0.15, -0.1) is 0 Å². The van der Waals surface area contributed by atoms with E-state index in [1.54, 1.807) is 0 Å². The molecule has 0 spiro atoms. The standard InChI is InChI=1S/C90H158NO8P/c1-6-8-10-12-14-16-18-20-22-24-26-28-30-32-34-36-38-40-42-44-45-47-48-50-52-54-56-58-60-62-64-66-68-70-72-74-76-78-80-82-89(92)96-86-88(87-98-100(94,95)97-85-84-91(3,4)5)99-90(93)83-81-79-77-75-73-71-69-67-65-63-61-59-57-55-53-51-49-46-43-41-39-37-35-33-31-29-27-25-23-21-19-17-15-13-11-9-7-2/h8-11,14-17,20-23,26-29,33,35,39,41,46,49,88H,6-7,12-13,18-19,24-25,30-32,34,36-38,40,42-45,47-48,50-87H2,1-5H3/b10-8-,11-9-,16-14-,17-15-,22-20-,23-21-,28-26-,29-27-,35-33-,41-39-,49-46-. The van der Waals surface area contributed by atoms with Crippen molar-refractivity contribution >= 4 is 19.8 Å². The van der Waals surface area contributed by atoms with E-state index in [1.165, 1.54) is 231 Å². The molecule has 576 valence electrons. The number of nitrogens with zero attached hydrogens (tertiary/aromatic N) is 1. The molecule has 0 aromatic rings. The van der Waals surface area contributed by atoms with Crippen LogP contribution in [0.15, 0.2) is 134 Å². The minimum absolute atomic E-state index is 0.0328. The normalized spacial score (nSPS) is 13.7. The quantitative estimate of drug-likeness (QED) is 0.0195. The second-order valence-electron chi connectivity index (χ2n) is 29.1. The molecule has 0 saturated carbocycles. The molecule has 10 heteroatoms. The Kier molecular flexibility index (Phi) is 76.2. The van der Waals surface area contributed by atoms with Crippen LogP contribution in [0.25, 0.3) is 0 Å². The molecule has 0 fully saturated rings. The number of carbonyl (C=O) groups excluding carboxylic acids is 2. The van der Waals surface area contributed by atoms with Crippen LogP contribution in [0.5, 0.6) is 0 Å². The van der Waals surface area contributed by atoms with Crippen molar-refractivity contribution in [2.24, 2.45) is 0 Å². The highest BCUT2D eigenvalue weighted by Crippen LogP contribution is 2.38. The second-order valence-corrected chi connectivity index (χ2v) is 30.5. The van der Waals surface area contributed by atoms with Gasteiger partial charge in [-0.3, -0.25) is 14.2 Å². The number of ether oxygens (including phenoxy) is 2. The number of phosphoric acid groups is 1. The predicted octanol–water partition coefficient (Wildman–Crippen LogP) is 27.7. The summed E-state index contributed by atoms with van der Waals surface area (Å²) in [5.41, 5.74) is 0. The van der Waals surface area contributed by atoms with Gasteiger partial charge in [0.1, 0.15) is 19.8 Å². The Balaban J connectivity index is 3.93. The van der Waals surface area contributed by atoms with Gasteiger partial charge in [0.05, 0.1) is 27.7 Å². The van der Waals surface area contributed by atoms with E-state index in [1.807, 2.05) is 21.1 Å². The van der Waals surface area contributed by atoms with Crippen LogP contribution in [0.4, 0.5) is 0 Å². The Morgan fingerprint density at radius 2 is 0.540 bits per heavy atom. The first-order valence-electron chi connectivity index (χ1n) is 41.9. The number of unbranched alkanes of at least 4 members (excludes halogenated alkanes) is 41. The summed E-state index contributed by atoms with van der Waals surface area (Å²) in [6, 6.07) is 0. The van der Waals surface area contributed by atoms with Crippen LogP contribution in [0.3, 0.4) is 0 Å². The van der Waals surface area contributed by atoms with Crippen molar-refractivity contribution in [1.29, 1.82) is 0 Å². The first-order chi connectivity index (χ1) is 49.0. The first kappa shape index (κ1) is 96.2. The van der Waals surface area contributed by atoms with Crippen LogP contribution in [-0.4, -0.2) is 70.0 Å². The van der Waals surface area contributed by atoms with E-state index in [0.717, 1.165) is 109 Å². The Hall–Kier alpha value is -3.85. The molecule has 0 radical (unpaired) electrons. The molecular formula is C90H158NO8P. The summed E-state index contributed by atoms with van der Waals surface area (Å²) in [5, 5.41) is 0. The predicted molar refractivity (Wildman–Crippen MR) is 434 cm³/mol. The van der Waals surface area contributed by atoms with E-state index in [0.29, 0.717) is 17.4 Å². The zero-order valence-electron chi connectivity index (χ0n) is 65.9. The summed E-state index contributed by atoms with van der Waals surface area (Å²) in [6.45, 7) is 4.05. The number of phosphoric ester groups is 1. The molecule has 0 aliphatic heterocycles. The van der Waals surface area contributed by atoms with Gasteiger partial charge in [-0.05, 0) is 109 Å². The van der Waals surface area contributed by atoms with Crippen LogP contribution in [0.1, 0.15) is 373 Å². The molecule has 0 rings (SSSR count). The van der Waals surface area contributed by atoms with Crippen LogP contribution in [0.2, 0.25) is 0 Å². The average molecular weight is 1410 g/mol. The number of allylic oxidation sites excluding steroid dienone is 22. The van der Waals surface area contributed by atoms with E-state index in [-0.39, 0.29) is 32.0 Å². The van der Waals surface area contributed by atoms with Gasteiger partial charge in [0.25, 0.3) is 7.82 Å². The van der Waals surface area contributed by atoms with E-state index < -0.39 is 26.5 Å². The third-order valence-corrected chi connectivity index (χ3v) is 19.1. The lowest BCUT2D eigenvalue weighted by molar-refractivity contribution is -0.870. The molecule has 0 heterocycles. The van der Waals surface area contributed by atoms with E-state index in [9.17, 15) is 19.0 Å². The zero-order valence-corrected chi connectivity index (χ0v) is 66.8. The lowest BCUT2D eigenvalue weighted by Crippen LogP contribution is -2.37. The van der Waals surface area contributed by atoms with Crippen molar-refractivity contribution < 1.29 is 42.1 Å². The Bertz CT molecular complexity index is 2160. The molecule has 0 bridgehead atoms. The minimum atomic E-state index is -4.65. The number of carbonyl (C=O) groups is 2. The van der Waals surface area contributed by atoms with Gasteiger partial charge in [0.2, 0.25) is 0 Å². The minimum Gasteiger partial charge on any atom is -0.756 e. The monoisotopic (exact) mass is 1410 g/mol. The van der Waals surface area contributed by atoms with Crippen molar-refractivity contribution in [2.75, 3.05) is 47.5 Å². The molecule has 0 aromatic heterocycles. The van der Waals surface area contributed by atoms with Gasteiger partial charge >= 0.3 is 11.9 Å². The summed E-state index contributed by atoms with van der Waals surface area (Å²) in [6.07, 6.45) is 116. The molecule has 100 heavy (non-hydrogen) atoms. The van der Waals surface area contributed by atoms with Crippen molar-refractivity contribution in [3.8, 4) is 0 Å². The summed E-state index contributed by atoms with van der Waals surface area (Å²) < 4.78 is 34.5. The summed E-state index contributed by atoms with van der Waals surface area (Å²) in [5.74, 6) is -0.820. The Labute approximate surface area is 619 Å². The van der Waals surface area contributed by atoms with Gasteiger partial charge < -0.3 is 27.9 Å². The van der Waals surface area contributed by atoms with Crippen molar-refractivity contribution in [3.63, 3.8) is 0 Å². The molecule has 9 nitrogen and oxygen atoms in total. The third-order valence-electron chi connectivity index (χ3n) is 18.2. The molecule has 0 aromatic carbocycles. The molecule has 0 N–H and O–H groups in total. The molecular weight excluding hydrogens is 1250 g/mol. The van der Waals surface area contributed by atoms with Gasteiger partial charge in [-0.1, -0.05) is 385 Å². The zero-order chi connectivity index (χ0) is 72.5. The molecule has 0 amide bonds. The van der Waals surface area contributed by atoms with Gasteiger partial charge in [-0.2, -0.15) is 0 Å². The number of likely N-dealkylation sites (N-methyl/N-ethyl adjacent to an activating group) is 1. The highest BCUT2D eigenvalue weighted by Gasteiger charge is 2.22. The number of esters is 2. The van der Waals surface area contributed by atoms with Gasteiger partial charge in [0, 0.05) is 12.8 Å². The maximum absolute atomic E-state index is 12.9. The lowest BCUT2D eigenvalue weighted by atomic mass is 10.0. The smallest absolute Gasteiger partial charge is 0.306 e. The van der Waals surface area contributed by atoms with E-state index in [2.05, 4.69) is 148 Å².